The van der Waals surface area contributed by atoms with Crippen molar-refractivity contribution in [1.29, 1.82) is 0 Å². The first kappa shape index (κ1) is 83.0. The molecule has 25 nitrogen and oxygen atoms in total. The number of alkyl halides is 4. The number of likely N-dealkylation sites (N-methyl/N-ethyl adjacent to an activating group) is 7. The number of carbonyl (C=O) groups is 12. The summed E-state index contributed by atoms with van der Waals surface area (Å²) in [6.07, 6.45) is 8.15. The molecule has 3 unspecified atom stereocenters. The second kappa shape index (κ2) is 38.1. The number of hydrogen-bond acceptors (Lipinski definition) is 13. The molecule has 0 bridgehead atoms. The van der Waals surface area contributed by atoms with Crippen LogP contribution in [0.2, 0.25) is 0 Å². The minimum absolute atomic E-state index is 0.0000141. The zero-order valence-corrected chi connectivity index (χ0v) is 63.1. The highest BCUT2D eigenvalue weighted by molar-refractivity contribution is 6.21. The van der Waals surface area contributed by atoms with E-state index in [0.29, 0.717) is 70.9 Å². The Kier molecular flexibility index (Phi) is 31.0. The lowest BCUT2D eigenvalue weighted by atomic mass is 9.78. The Balaban J connectivity index is 1.28. The van der Waals surface area contributed by atoms with Gasteiger partial charge < -0.3 is 64.8 Å². The van der Waals surface area contributed by atoms with Crippen molar-refractivity contribution >= 4 is 82.5 Å². The SMILES string of the molecule is CCCOC[C@H]1C(=O)N[C@@H]([C@@H](C)CC)C(=O)N(C)CC(=O)N(C)CC(=O)N(C)[C@@H](CC2CCCCC2)C(=O)N(C)CC(=O)N[C@@H](CCC2CCC(C(F)(F)F)C(Cl)C2)C(=O)N2CCC[C@H]2C(=O)NC2(CCCC2)C(=O)N(C)[C@@H](C2CCCCC2)C(=O)N(C)[C@H](C(=O)N2CCCCC2)CC(=O)N1C. The second-order valence-electron chi connectivity index (χ2n) is 30.7. The van der Waals surface area contributed by atoms with E-state index in [4.69, 9.17) is 16.3 Å². The molecular formula is C73H118ClF3N12O13. The Morgan fingerprint density at radius 3 is 1.82 bits per heavy atom. The fourth-order valence-corrected chi connectivity index (χ4v) is 17.2. The first-order valence-corrected chi connectivity index (χ1v) is 38.4. The van der Waals surface area contributed by atoms with Crippen LogP contribution in [0.15, 0.2) is 0 Å². The monoisotopic (exact) mass is 1460 g/mol. The Hall–Kier alpha value is -6.32. The van der Waals surface area contributed by atoms with E-state index in [1.54, 1.807) is 11.8 Å². The number of hydrogen-bond donors (Lipinski definition) is 3. The third-order valence-electron chi connectivity index (χ3n) is 23.4. The highest BCUT2D eigenvalue weighted by atomic mass is 35.5. The fourth-order valence-electron chi connectivity index (χ4n) is 16.6. The number of fused-ring (bicyclic) bond motifs is 1. The van der Waals surface area contributed by atoms with E-state index in [9.17, 15) is 41.9 Å². The first-order chi connectivity index (χ1) is 48.3. The molecule has 12 amide bonds. The van der Waals surface area contributed by atoms with E-state index < -0.39 is 174 Å². The maximum absolute atomic E-state index is 15.8. The number of rotatable bonds is 13. The summed E-state index contributed by atoms with van der Waals surface area (Å²) in [7, 11) is 9.99. The van der Waals surface area contributed by atoms with Gasteiger partial charge in [-0.1, -0.05) is 91.4 Å². The van der Waals surface area contributed by atoms with Gasteiger partial charge in [-0.15, -0.1) is 11.6 Å². The van der Waals surface area contributed by atoms with Gasteiger partial charge in [0.25, 0.3) is 0 Å². The smallest absolute Gasteiger partial charge is 0.379 e. The second-order valence-corrected chi connectivity index (χ2v) is 31.2. The predicted molar refractivity (Wildman–Crippen MR) is 376 cm³/mol. The number of likely N-dealkylation sites (tertiary alicyclic amines) is 1. The average molecular weight is 1460 g/mol. The molecule has 0 radical (unpaired) electrons. The molecule has 1 spiro atoms. The van der Waals surface area contributed by atoms with Crippen LogP contribution in [-0.4, -0.2) is 276 Å². The van der Waals surface area contributed by atoms with Crippen LogP contribution in [0.5, 0.6) is 0 Å². The lowest BCUT2D eigenvalue weighted by Crippen LogP contribution is -2.65. The van der Waals surface area contributed by atoms with Gasteiger partial charge in [-0.05, 0) is 126 Å². The van der Waals surface area contributed by atoms with Gasteiger partial charge in [0.05, 0.1) is 38.6 Å². The van der Waals surface area contributed by atoms with Crippen molar-refractivity contribution < 1.29 is 75.4 Å². The maximum Gasteiger partial charge on any atom is 0.393 e. The van der Waals surface area contributed by atoms with Crippen LogP contribution >= 0.6 is 11.6 Å². The van der Waals surface area contributed by atoms with E-state index in [2.05, 4.69) is 16.0 Å². The summed E-state index contributed by atoms with van der Waals surface area (Å²) in [5.41, 5.74) is -1.56. The van der Waals surface area contributed by atoms with Crippen LogP contribution in [0.1, 0.15) is 201 Å². The molecule has 0 aromatic rings. The first-order valence-electron chi connectivity index (χ1n) is 37.9. The molecule has 7 fully saturated rings. The highest BCUT2D eigenvalue weighted by Crippen LogP contribution is 2.44. The van der Waals surface area contributed by atoms with Crippen LogP contribution in [0.4, 0.5) is 13.2 Å². The van der Waals surface area contributed by atoms with Gasteiger partial charge in [0.1, 0.15) is 47.8 Å². The summed E-state index contributed by atoms with van der Waals surface area (Å²) in [5, 5.41) is 7.58. The molecule has 3 aliphatic heterocycles. The molecule has 576 valence electrons. The lowest BCUT2D eigenvalue weighted by Gasteiger charge is -2.43. The Labute approximate surface area is 606 Å². The predicted octanol–water partition coefficient (Wildman–Crippen LogP) is 5.87. The molecular weight excluding hydrogens is 1350 g/mol. The van der Waals surface area contributed by atoms with Gasteiger partial charge in [-0.2, -0.15) is 13.2 Å². The van der Waals surface area contributed by atoms with Crippen molar-refractivity contribution in [3.63, 3.8) is 0 Å². The Morgan fingerprint density at radius 1 is 0.598 bits per heavy atom. The number of nitrogens with zero attached hydrogens (tertiary/aromatic N) is 9. The minimum atomic E-state index is -4.51. The van der Waals surface area contributed by atoms with Crippen LogP contribution in [0.3, 0.4) is 0 Å². The topological polar surface area (TPSA) is 279 Å². The van der Waals surface area contributed by atoms with E-state index in [-0.39, 0.29) is 89.4 Å². The summed E-state index contributed by atoms with van der Waals surface area (Å²) in [6, 6.07) is -8.82. The van der Waals surface area contributed by atoms with Crippen LogP contribution in [-0.2, 0) is 62.3 Å². The number of carbonyl (C=O) groups excluding carboxylic acids is 12. The summed E-state index contributed by atoms with van der Waals surface area (Å²) >= 11 is 6.41. The van der Waals surface area contributed by atoms with E-state index in [0.717, 1.165) is 77.4 Å². The van der Waals surface area contributed by atoms with Crippen LogP contribution in [0, 0.1) is 29.6 Å². The van der Waals surface area contributed by atoms with Gasteiger partial charge in [-0.25, -0.2) is 0 Å². The van der Waals surface area contributed by atoms with E-state index in [1.807, 2.05) is 13.8 Å². The van der Waals surface area contributed by atoms with Crippen molar-refractivity contribution in [3.8, 4) is 0 Å². The molecule has 3 heterocycles. The normalized spacial score (nSPS) is 29.7. The molecule has 3 saturated heterocycles. The summed E-state index contributed by atoms with van der Waals surface area (Å²) in [5.74, 6) is -10.7. The van der Waals surface area contributed by atoms with Crippen molar-refractivity contribution in [1.82, 2.24) is 60.0 Å². The van der Waals surface area contributed by atoms with Crippen molar-refractivity contribution in [2.45, 2.75) is 260 Å². The van der Waals surface area contributed by atoms with Crippen molar-refractivity contribution in [2.24, 2.45) is 29.6 Å². The van der Waals surface area contributed by atoms with Gasteiger partial charge in [-0.3, -0.25) is 57.5 Å². The van der Waals surface area contributed by atoms with Crippen molar-refractivity contribution in [2.75, 3.05) is 102 Å². The summed E-state index contributed by atoms with van der Waals surface area (Å²) in [6.45, 7) is 4.48. The third-order valence-corrected chi connectivity index (χ3v) is 23.9. The maximum atomic E-state index is 15.8. The van der Waals surface area contributed by atoms with E-state index in [1.165, 1.54) is 68.9 Å². The van der Waals surface area contributed by atoms with Gasteiger partial charge in [0.15, 0.2) is 0 Å². The van der Waals surface area contributed by atoms with Crippen molar-refractivity contribution in [3.05, 3.63) is 0 Å². The molecule has 0 aromatic heterocycles. The molecule has 7 aliphatic rings. The number of amides is 12. The average Bonchev–Trinajstić information content (AvgIpc) is 1.32. The zero-order valence-electron chi connectivity index (χ0n) is 62.3. The fraction of sp³-hybridized carbons (Fsp3) is 0.836. The molecule has 102 heavy (non-hydrogen) atoms. The quantitative estimate of drug-likeness (QED) is 0.144. The molecule has 3 N–H and O–H groups in total. The van der Waals surface area contributed by atoms with Crippen LogP contribution in [0.25, 0.3) is 0 Å². The number of nitrogens with one attached hydrogen (secondary N) is 3. The highest BCUT2D eigenvalue weighted by Gasteiger charge is 2.52. The molecule has 4 aliphatic carbocycles. The summed E-state index contributed by atoms with van der Waals surface area (Å²) in [4.78, 5) is 191. The zero-order chi connectivity index (χ0) is 74.9. The van der Waals surface area contributed by atoms with E-state index >= 15 is 28.8 Å². The Morgan fingerprint density at radius 2 is 1.21 bits per heavy atom. The Bertz CT molecular complexity index is 2930. The van der Waals surface area contributed by atoms with Gasteiger partial charge >= 0.3 is 6.18 Å². The van der Waals surface area contributed by atoms with Gasteiger partial charge in [0.2, 0.25) is 70.9 Å². The number of ether oxygens (including phenoxy) is 1. The molecule has 4 saturated carbocycles. The molecule has 29 heteroatoms. The lowest BCUT2D eigenvalue weighted by molar-refractivity contribution is -0.182. The van der Waals surface area contributed by atoms with Gasteiger partial charge in [0, 0.05) is 81.0 Å². The number of halogens is 4. The summed E-state index contributed by atoms with van der Waals surface area (Å²) < 4.78 is 48.0. The van der Waals surface area contributed by atoms with Crippen LogP contribution < -0.4 is 16.0 Å². The molecule has 0 aromatic carbocycles. The molecule has 11 atom stereocenters. The third kappa shape index (κ3) is 21.2. The largest absolute Gasteiger partial charge is 0.393 e. The minimum Gasteiger partial charge on any atom is -0.379 e. The number of piperidine rings is 1. The molecule has 7 rings (SSSR count). The standard InChI is InChI=1S/C73H118ClF3N12O13/c1-11-39-102-46-57-64(94)79-62(47(3)12-2)69(99)83(6)44-60(92)81(4)45-61(93)84(7)55(41-48-25-16-13-17-26-48)67(97)82(5)43-58(90)78-53(33-31-49-30-32-51(52(74)40-49)73(75,76)77)66(96)89-38-24-29-54(89)65(95)80-72(34-20-21-35-72)71(101)87(10)63(50-27-18-14-19-28-50)70(100)86(9)56(42-59(91)85(57)8)68(98)88-36-22-15-23-37-88/h47-57,62-63H,11-46H2,1-10H3,(H,78,90)(H,79,94)(H,80,95)/t47-,49?,51?,52?,53-,54-,55-,56-,57-,62-,63-/m0/s1.